The Hall–Kier alpha value is -1.88. The van der Waals surface area contributed by atoms with Crippen LogP contribution in [0.25, 0.3) is 0 Å². The van der Waals surface area contributed by atoms with Crippen molar-refractivity contribution >= 4 is 17.5 Å². The Morgan fingerprint density at radius 2 is 2.30 bits per heavy atom. The van der Waals surface area contributed by atoms with E-state index in [2.05, 4.69) is 9.97 Å². The zero-order valence-electron chi connectivity index (χ0n) is 11.2. The molecule has 0 radical (unpaired) electrons. The molecule has 2 heterocycles. The minimum absolute atomic E-state index is 0.0754. The van der Waals surface area contributed by atoms with Gasteiger partial charge in [0.1, 0.15) is 5.82 Å². The highest BCUT2D eigenvalue weighted by Crippen LogP contribution is 2.30. The molecule has 0 bridgehead atoms. The second-order valence-corrected chi connectivity index (χ2v) is 5.38. The minimum Gasteiger partial charge on any atom is -0.337 e. The van der Waals surface area contributed by atoms with Crippen LogP contribution in [0.4, 0.5) is 0 Å². The number of aryl methyl sites for hydroxylation is 1. The van der Waals surface area contributed by atoms with Gasteiger partial charge < -0.3 is 9.47 Å². The zero-order chi connectivity index (χ0) is 14.1. The zero-order valence-corrected chi connectivity index (χ0v) is 11.9. The van der Waals surface area contributed by atoms with E-state index in [4.69, 9.17) is 11.6 Å². The Kier molecular flexibility index (Phi) is 3.44. The topological polar surface area (TPSA) is 51.0 Å². The van der Waals surface area contributed by atoms with E-state index in [0.717, 1.165) is 18.7 Å². The fraction of sp³-hybridized carbons (Fsp3) is 0.357. The van der Waals surface area contributed by atoms with E-state index in [1.807, 2.05) is 22.7 Å². The maximum atomic E-state index is 12.6. The fourth-order valence-corrected chi connectivity index (χ4v) is 2.33. The molecule has 0 spiro atoms. The van der Waals surface area contributed by atoms with Crippen molar-refractivity contribution in [2.24, 2.45) is 7.05 Å². The van der Waals surface area contributed by atoms with Crippen LogP contribution in [0.15, 0.2) is 30.9 Å². The van der Waals surface area contributed by atoms with Crippen molar-refractivity contribution in [2.75, 3.05) is 0 Å². The van der Waals surface area contributed by atoms with E-state index in [1.165, 1.54) is 6.20 Å². The summed E-state index contributed by atoms with van der Waals surface area (Å²) in [6.07, 6.45) is 8.80. The van der Waals surface area contributed by atoms with Gasteiger partial charge in [0.15, 0.2) is 0 Å². The van der Waals surface area contributed by atoms with Crippen molar-refractivity contribution < 1.29 is 4.79 Å². The van der Waals surface area contributed by atoms with Gasteiger partial charge in [-0.1, -0.05) is 11.6 Å². The van der Waals surface area contributed by atoms with Crippen molar-refractivity contribution in [3.8, 4) is 0 Å². The van der Waals surface area contributed by atoms with E-state index in [1.54, 1.807) is 18.5 Å². The first-order valence-corrected chi connectivity index (χ1v) is 6.91. The normalized spacial score (nSPS) is 14.3. The molecule has 104 valence electrons. The van der Waals surface area contributed by atoms with Crippen LogP contribution in [0.2, 0.25) is 5.02 Å². The van der Waals surface area contributed by atoms with E-state index >= 15 is 0 Å². The van der Waals surface area contributed by atoms with Crippen LogP contribution < -0.4 is 0 Å². The number of carbonyl (C=O) groups excluding carboxylic acids is 1. The molecule has 1 fully saturated rings. The molecule has 0 N–H and O–H groups in total. The van der Waals surface area contributed by atoms with E-state index in [0.29, 0.717) is 17.1 Å². The van der Waals surface area contributed by atoms with Crippen LogP contribution in [0.1, 0.15) is 29.0 Å². The molecule has 0 atom stereocenters. The molecule has 1 amide bonds. The largest absolute Gasteiger partial charge is 0.337 e. The maximum absolute atomic E-state index is 12.6. The molecule has 2 aromatic heterocycles. The maximum Gasteiger partial charge on any atom is 0.257 e. The Morgan fingerprint density at radius 3 is 2.90 bits per heavy atom. The average Bonchev–Trinajstić information content (AvgIpc) is 3.20. The summed E-state index contributed by atoms with van der Waals surface area (Å²) in [5.41, 5.74) is 0.454. The van der Waals surface area contributed by atoms with Crippen LogP contribution in [0.5, 0.6) is 0 Å². The number of hydrogen-bond donors (Lipinski definition) is 0. The first-order chi connectivity index (χ1) is 9.66. The molecular formula is C14H15ClN4O. The number of halogens is 1. The van der Waals surface area contributed by atoms with Crippen molar-refractivity contribution in [1.82, 2.24) is 19.4 Å². The van der Waals surface area contributed by atoms with Crippen LogP contribution in [0, 0.1) is 0 Å². The lowest BCUT2D eigenvalue weighted by Gasteiger charge is -2.22. The smallest absolute Gasteiger partial charge is 0.257 e. The lowest BCUT2D eigenvalue weighted by Crippen LogP contribution is -2.33. The molecule has 3 rings (SSSR count). The quantitative estimate of drug-likeness (QED) is 0.868. The standard InChI is InChI=1S/C14H15ClN4O/c1-18-7-6-17-13(18)9-19(10-2-3-10)14(20)11-8-16-5-4-12(11)15/h4-8,10H,2-3,9H2,1H3. The molecule has 6 heteroatoms. The van der Waals surface area contributed by atoms with Crippen molar-refractivity contribution in [1.29, 1.82) is 0 Å². The number of carbonyl (C=O) groups is 1. The summed E-state index contributed by atoms with van der Waals surface area (Å²) in [7, 11) is 1.93. The lowest BCUT2D eigenvalue weighted by atomic mass is 10.2. The van der Waals surface area contributed by atoms with Gasteiger partial charge in [-0.25, -0.2) is 4.98 Å². The van der Waals surface area contributed by atoms with Gasteiger partial charge in [-0.05, 0) is 18.9 Å². The summed E-state index contributed by atoms with van der Waals surface area (Å²) in [5, 5.41) is 0.440. The predicted octanol–water partition coefficient (Wildman–Crippen LogP) is 2.27. The Labute approximate surface area is 122 Å². The highest BCUT2D eigenvalue weighted by molar-refractivity contribution is 6.33. The molecule has 1 saturated carbocycles. The van der Waals surface area contributed by atoms with Crippen LogP contribution in [0.3, 0.4) is 0 Å². The second-order valence-electron chi connectivity index (χ2n) is 4.97. The van der Waals surface area contributed by atoms with Crippen LogP contribution in [-0.2, 0) is 13.6 Å². The predicted molar refractivity (Wildman–Crippen MR) is 75.4 cm³/mol. The summed E-state index contributed by atoms with van der Waals surface area (Å²) in [4.78, 5) is 22.8. The van der Waals surface area contributed by atoms with E-state index in [9.17, 15) is 4.79 Å². The first-order valence-electron chi connectivity index (χ1n) is 6.53. The van der Waals surface area contributed by atoms with Crippen LogP contribution in [-0.4, -0.2) is 31.4 Å². The summed E-state index contributed by atoms with van der Waals surface area (Å²) < 4.78 is 1.92. The number of pyridine rings is 1. The molecule has 0 aliphatic heterocycles. The van der Waals surface area contributed by atoms with E-state index in [-0.39, 0.29) is 11.9 Å². The van der Waals surface area contributed by atoms with Gasteiger partial charge in [-0.3, -0.25) is 9.78 Å². The lowest BCUT2D eigenvalue weighted by molar-refractivity contribution is 0.0724. The molecule has 5 nitrogen and oxygen atoms in total. The van der Waals surface area contributed by atoms with Gasteiger partial charge in [-0.15, -0.1) is 0 Å². The Morgan fingerprint density at radius 1 is 1.50 bits per heavy atom. The molecule has 1 aliphatic carbocycles. The first kappa shape index (κ1) is 13.1. The van der Waals surface area contributed by atoms with Gasteiger partial charge in [-0.2, -0.15) is 0 Å². The van der Waals surface area contributed by atoms with Crippen molar-refractivity contribution in [3.63, 3.8) is 0 Å². The summed E-state index contributed by atoms with van der Waals surface area (Å²) >= 11 is 6.09. The molecule has 1 aliphatic rings. The van der Waals surface area contributed by atoms with Gasteiger partial charge in [0.05, 0.1) is 17.1 Å². The highest BCUT2D eigenvalue weighted by atomic mass is 35.5. The second kappa shape index (κ2) is 5.25. The number of amides is 1. The van der Waals surface area contributed by atoms with Gasteiger partial charge >= 0.3 is 0 Å². The third-order valence-corrected chi connectivity index (χ3v) is 3.81. The highest BCUT2D eigenvalue weighted by Gasteiger charge is 2.34. The number of aromatic nitrogens is 3. The minimum atomic E-state index is -0.0754. The third-order valence-electron chi connectivity index (χ3n) is 3.48. The number of nitrogens with zero attached hydrogens (tertiary/aromatic N) is 4. The van der Waals surface area contributed by atoms with Crippen LogP contribution >= 0.6 is 11.6 Å². The van der Waals surface area contributed by atoms with E-state index < -0.39 is 0 Å². The Balaban J connectivity index is 1.86. The SMILES string of the molecule is Cn1ccnc1CN(C(=O)c1cnccc1Cl)C1CC1. The summed E-state index contributed by atoms with van der Waals surface area (Å²) in [6.45, 7) is 0.498. The average molecular weight is 291 g/mol. The fourth-order valence-electron chi connectivity index (χ4n) is 2.14. The third kappa shape index (κ3) is 2.54. The number of rotatable bonds is 4. The summed E-state index contributed by atoms with van der Waals surface area (Å²) in [6, 6.07) is 1.93. The molecule has 0 saturated heterocycles. The Bertz CT molecular complexity index is 636. The molecule has 2 aromatic rings. The molecular weight excluding hydrogens is 276 g/mol. The van der Waals surface area contributed by atoms with Gasteiger partial charge in [0.2, 0.25) is 0 Å². The number of imidazole rings is 1. The number of hydrogen-bond acceptors (Lipinski definition) is 3. The van der Waals surface area contributed by atoms with Crippen molar-refractivity contribution in [2.45, 2.75) is 25.4 Å². The monoisotopic (exact) mass is 290 g/mol. The molecule has 20 heavy (non-hydrogen) atoms. The van der Waals surface area contributed by atoms with Gasteiger partial charge in [0.25, 0.3) is 5.91 Å². The summed E-state index contributed by atoms with van der Waals surface area (Å²) in [5.74, 6) is 0.791. The molecule has 0 aromatic carbocycles. The van der Waals surface area contributed by atoms with Gasteiger partial charge in [0, 0.05) is 37.9 Å². The molecule has 0 unspecified atom stereocenters. The van der Waals surface area contributed by atoms with Crippen molar-refractivity contribution in [3.05, 3.63) is 47.3 Å².